The van der Waals surface area contributed by atoms with Gasteiger partial charge < -0.3 is 104 Å². The molecule has 1 aromatic carbocycles. The number of halogens is 1. The van der Waals surface area contributed by atoms with E-state index in [-0.39, 0.29) is 29.4 Å². The van der Waals surface area contributed by atoms with E-state index in [1.54, 1.807) is 6.07 Å². The normalized spacial score (nSPS) is 40.5. The molecule has 0 saturated carbocycles. The van der Waals surface area contributed by atoms with E-state index in [1.807, 2.05) is 6.92 Å². The zero-order valence-corrected chi connectivity index (χ0v) is 35.6. The Hall–Kier alpha value is -2.62. The molecule has 0 bridgehead atoms. The molecular formula is C42H63FO22. The molecule has 0 spiro atoms. The Bertz CT molecular complexity index is 1660. The van der Waals surface area contributed by atoms with E-state index in [0.717, 1.165) is 12.8 Å². The van der Waals surface area contributed by atoms with Gasteiger partial charge in [-0.15, -0.1) is 12.3 Å². The number of benzene rings is 1. The molecule has 23 heteroatoms. The summed E-state index contributed by atoms with van der Waals surface area (Å²) in [5.74, 6) is 2.42. The number of carbonyl (C=O) groups is 1. The van der Waals surface area contributed by atoms with Gasteiger partial charge in [0.2, 0.25) is 6.29 Å². The van der Waals surface area contributed by atoms with Gasteiger partial charge in [0.25, 0.3) is 0 Å². The van der Waals surface area contributed by atoms with Crippen molar-refractivity contribution in [2.75, 3.05) is 26.4 Å². The SMILES string of the molecule is C#CCC(CC(=O)CCCC)Cc1ccc(O[C@@H]2OC(CO)[C@@H](O[C@H]3OC(CO)[C@@H](O[C@H]4OC(CO)[C@@H](O[C@H]5OC(CO)[C@@H](O)[C@H](O)C5O)[C@H](O)C4O)[C@H](O)C3O)[C@H](O)C2O)c(CF)c1. The second-order valence-electron chi connectivity index (χ2n) is 16.6. The lowest BCUT2D eigenvalue weighted by Crippen LogP contribution is -2.67. The third kappa shape index (κ3) is 12.5. The summed E-state index contributed by atoms with van der Waals surface area (Å²) in [6.07, 6.45) is -27.6. The largest absolute Gasteiger partial charge is 0.462 e. The zero-order chi connectivity index (χ0) is 47.7. The molecule has 4 heterocycles. The van der Waals surface area contributed by atoms with Crippen LogP contribution in [-0.2, 0) is 51.0 Å². The van der Waals surface area contributed by atoms with E-state index in [0.29, 0.717) is 24.8 Å². The predicted octanol–water partition coefficient (Wildman–Crippen LogP) is -4.86. The van der Waals surface area contributed by atoms with Gasteiger partial charge >= 0.3 is 0 Å². The smallest absolute Gasteiger partial charge is 0.229 e. The number of alkyl halides is 1. The van der Waals surface area contributed by atoms with E-state index >= 15 is 0 Å². The third-order valence-electron chi connectivity index (χ3n) is 12.0. The van der Waals surface area contributed by atoms with Gasteiger partial charge in [0, 0.05) is 24.8 Å². The molecule has 9 unspecified atom stereocenters. The van der Waals surface area contributed by atoms with Crippen LogP contribution in [-0.4, -0.2) is 221 Å². The maximum absolute atomic E-state index is 14.4. The molecule has 0 aromatic heterocycles. The van der Waals surface area contributed by atoms with Crippen LogP contribution in [0.25, 0.3) is 0 Å². The van der Waals surface area contributed by atoms with Crippen molar-refractivity contribution in [2.24, 2.45) is 5.92 Å². The highest BCUT2D eigenvalue weighted by Gasteiger charge is 2.55. The Labute approximate surface area is 373 Å². The molecule has 4 aliphatic heterocycles. The molecule has 65 heavy (non-hydrogen) atoms. The lowest BCUT2D eigenvalue weighted by atomic mass is 9.90. The highest BCUT2D eigenvalue weighted by atomic mass is 19.1. The summed E-state index contributed by atoms with van der Waals surface area (Å²) in [7, 11) is 0. The summed E-state index contributed by atoms with van der Waals surface area (Å²) in [5.41, 5.74) is 0.724. The highest BCUT2D eigenvalue weighted by molar-refractivity contribution is 5.78. The molecular weight excluding hydrogens is 875 g/mol. The second kappa shape index (κ2) is 24.6. The van der Waals surface area contributed by atoms with Gasteiger partial charge in [-0.25, -0.2) is 4.39 Å². The number of rotatable bonds is 21. The predicted molar refractivity (Wildman–Crippen MR) is 213 cm³/mol. The minimum absolute atomic E-state index is 0.0526. The van der Waals surface area contributed by atoms with Crippen LogP contribution in [0.4, 0.5) is 4.39 Å². The Kier molecular flexibility index (Phi) is 20.2. The average molecular weight is 939 g/mol. The summed E-state index contributed by atoms with van der Waals surface area (Å²) >= 11 is 0. The number of terminal acetylenes is 1. The van der Waals surface area contributed by atoms with Crippen molar-refractivity contribution < 1.29 is 113 Å². The van der Waals surface area contributed by atoms with Gasteiger partial charge in [-0.1, -0.05) is 19.4 Å². The second-order valence-corrected chi connectivity index (χ2v) is 16.6. The number of hydrogen-bond acceptors (Lipinski definition) is 22. The summed E-state index contributed by atoms with van der Waals surface area (Å²) in [5, 5.41) is 137. The first-order valence-corrected chi connectivity index (χ1v) is 21.5. The van der Waals surface area contributed by atoms with Crippen molar-refractivity contribution in [1.29, 1.82) is 0 Å². The first kappa shape index (κ1) is 53.3. The van der Waals surface area contributed by atoms with Gasteiger partial charge in [0.1, 0.15) is 116 Å². The van der Waals surface area contributed by atoms with Crippen molar-refractivity contribution in [3.63, 3.8) is 0 Å². The topological polar surface area (TPSA) is 354 Å². The maximum atomic E-state index is 14.4. The molecule has 370 valence electrons. The minimum atomic E-state index is -2.08. The number of hydrogen-bond donors (Lipinski definition) is 13. The lowest BCUT2D eigenvalue weighted by Gasteiger charge is -2.49. The average Bonchev–Trinajstić information content (AvgIpc) is 3.30. The molecule has 13 N–H and O–H groups in total. The Morgan fingerprint density at radius 3 is 1.55 bits per heavy atom. The van der Waals surface area contributed by atoms with Crippen molar-refractivity contribution in [3.8, 4) is 18.1 Å². The minimum Gasteiger partial charge on any atom is -0.462 e. The van der Waals surface area contributed by atoms with Crippen LogP contribution in [0.5, 0.6) is 5.75 Å². The van der Waals surface area contributed by atoms with Crippen molar-refractivity contribution in [2.45, 2.75) is 175 Å². The fourth-order valence-electron chi connectivity index (χ4n) is 8.25. The molecule has 5 rings (SSSR count). The fourth-order valence-corrected chi connectivity index (χ4v) is 8.25. The van der Waals surface area contributed by atoms with Gasteiger partial charge in [-0.05, 0) is 36.5 Å². The van der Waals surface area contributed by atoms with Crippen molar-refractivity contribution in [1.82, 2.24) is 0 Å². The summed E-state index contributed by atoms with van der Waals surface area (Å²) in [6.45, 7) is -2.57. The van der Waals surface area contributed by atoms with E-state index < -0.39 is 156 Å². The van der Waals surface area contributed by atoms with Crippen LogP contribution in [0.3, 0.4) is 0 Å². The first-order valence-electron chi connectivity index (χ1n) is 21.5. The molecule has 4 aliphatic rings. The quantitative estimate of drug-likeness (QED) is 0.0514. The van der Waals surface area contributed by atoms with E-state index in [1.165, 1.54) is 12.1 Å². The number of Topliss-reactive ketones (excluding diaryl/α,β-unsaturated/α-hetero) is 1. The molecule has 1 aromatic rings. The number of carbonyl (C=O) groups excluding carboxylic acids is 1. The van der Waals surface area contributed by atoms with Gasteiger partial charge in [-0.2, -0.15) is 0 Å². The van der Waals surface area contributed by atoms with Gasteiger partial charge in [0.05, 0.1) is 26.4 Å². The van der Waals surface area contributed by atoms with Crippen LogP contribution in [0.1, 0.15) is 50.2 Å². The Balaban J connectivity index is 1.21. The summed E-state index contributed by atoms with van der Waals surface area (Å²) in [4.78, 5) is 12.5. The number of ether oxygens (including phenoxy) is 8. The number of aliphatic hydroxyl groups is 13. The first-order chi connectivity index (χ1) is 31.0. The number of ketones is 1. The fraction of sp³-hybridized carbons (Fsp3) is 0.786. The van der Waals surface area contributed by atoms with Gasteiger partial charge in [0.15, 0.2) is 18.9 Å². The van der Waals surface area contributed by atoms with Crippen LogP contribution in [0.2, 0.25) is 0 Å². The van der Waals surface area contributed by atoms with Crippen LogP contribution >= 0.6 is 0 Å². The Morgan fingerprint density at radius 1 is 0.662 bits per heavy atom. The molecule has 4 saturated heterocycles. The van der Waals surface area contributed by atoms with Gasteiger partial charge in [-0.3, -0.25) is 4.79 Å². The third-order valence-corrected chi connectivity index (χ3v) is 12.0. The monoisotopic (exact) mass is 938 g/mol. The molecule has 22 nitrogen and oxygen atoms in total. The summed E-state index contributed by atoms with van der Waals surface area (Å²) < 4.78 is 59.3. The summed E-state index contributed by atoms with van der Waals surface area (Å²) in [6, 6.07) is 4.57. The Morgan fingerprint density at radius 2 is 1.11 bits per heavy atom. The van der Waals surface area contributed by atoms with Crippen molar-refractivity contribution in [3.05, 3.63) is 29.3 Å². The molecule has 4 fully saturated rings. The highest BCUT2D eigenvalue weighted by Crippen LogP contribution is 2.35. The van der Waals surface area contributed by atoms with E-state index in [4.69, 9.17) is 44.3 Å². The zero-order valence-electron chi connectivity index (χ0n) is 35.6. The molecule has 0 aliphatic carbocycles. The van der Waals surface area contributed by atoms with Crippen LogP contribution in [0, 0.1) is 18.3 Å². The number of aliphatic hydroxyl groups excluding tert-OH is 13. The van der Waals surface area contributed by atoms with Crippen LogP contribution < -0.4 is 4.74 Å². The lowest BCUT2D eigenvalue weighted by molar-refractivity contribution is -0.387. The molecule has 0 amide bonds. The van der Waals surface area contributed by atoms with E-state index in [2.05, 4.69) is 5.92 Å². The van der Waals surface area contributed by atoms with Crippen molar-refractivity contribution >= 4 is 5.78 Å². The molecule has 0 radical (unpaired) electrons. The number of unbranched alkanes of at least 4 members (excludes halogenated alkanes) is 1. The van der Waals surface area contributed by atoms with E-state index in [9.17, 15) is 75.6 Å². The molecule has 21 atom stereocenters. The standard InChI is InChI=1S/C42H63FO22/c1-3-5-7-21(48)12-18(6-4-2)10-19-8-9-22(20(11-19)13-43)58-39-33(55)29(51)36(24(15-45)60-39)64-41-35(57)31(53)38(26(17-47)62-41)65-42-34(56)30(52)37(25(16-46)61-42)63-40-32(54)28(50)27(49)23(14-44)59-40/h2,8-9,11,18,23-42,44-47,49-57H,3,5-7,10,12-17H2,1H3/t18?,23?,24?,25?,26?,27-,28+,29-,30-,31-,32?,33?,34?,35?,36-,37-,38-,39-,40-,41-,42-/m1/s1. The maximum Gasteiger partial charge on any atom is 0.229 e. The van der Waals surface area contributed by atoms with Crippen LogP contribution in [0.15, 0.2) is 18.2 Å².